The second-order valence-corrected chi connectivity index (χ2v) is 9.65. The van der Waals surface area contributed by atoms with E-state index in [0.717, 1.165) is 29.7 Å². The van der Waals surface area contributed by atoms with Crippen LogP contribution < -0.4 is 10.6 Å². The zero-order valence-corrected chi connectivity index (χ0v) is 21.4. The number of nitrogens with zero attached hydrogens (tertiary/aromatic N) is 5. The molecule has 39 heavy (non-hydrogen) atoms. The molecule has 0 aliphatic carbocycles. The summed E-state index contributed by atoms with van der Waals surface area (Å²) in [5.41, 5.74) is 3.80. The number of piperidine rings is 1. The maximum atomic E-state index is 13.6. The van der Waals surface area contributed by atoms with Gasteiger partial charge in [-0.25, -0.2) is 19.2 Å². The molecule has 198 valence electrons. The van der Waals surface area contributed by atoms with E-state index in [1.54, 1.807) is 36.9 Å². The van der Waals surface area contributed by atoms with Crippen LogP contribution in [0.5, 0.6) is 0 Å². The molecule has 2 N–H and O–H groups in total. The number of likely N-dealkylation sites (tertiary alicyclic amines) is 1. The molecule has 0 unspecified atom stereocenters. The van der Waals surface area contributed by atoms with Crippen LogP contribution in [0.2, 0.25) is 0 Å². The van der Waals surface area contributed by atoms with Crippen molar-refractivity contribution in [2.45, 2.75) is 31.8 Å². The van der Waals surface area contributed by atoms with Crippen LogP contribution >= 0.6 is 0 Å². The maximum absolute atomic E-state index is 13.6. The second kappa shape index (κ2) is 10.6. The largest absolute Gasteiger partial charge is 0.432 e. The van der Waals surface area contributed by atoms with Crippen molar-refractivity contribution in [2.75, 3.05) is 18.4 Å². The first-order valence-corrected chi connectivity index (χ1v) is 13.0. The van der Waals surface area contributed by atoms with Crippen LogP contribution in [0.4, 0.5) is 15.1 Å². The van der Waals surface area contributed by atoms with E-state index < -0.39 is 0 Å². The Morgan fingerprint density at radius 2 is 1.92 bits per heavy atom. The predicted molar refractivity (Wildman–Crippen MR) is 145 cm³/mol. The van der Waals surface area contributed by atoms with Gasteiger partial charge in [-0.2, -0.15) is 4.98 Å². The number of imidazole rings is 1. The standard InChI is InChI=1S/C29H28FN7O2/c1-19(20-6-3-2-4-7-20)32-28(38)36-15-5-8-23(18-36)33-27-31-14-13-24(34-27)26-25(21-9-11-22(30)12-10-21)35-29-37(26)16-17-39-29/h2-4,6-7,9-14,16-17,19,23H,5,8,15,18H2,1H3,(H,32,38)(H,31,33,34)/t19-,23-/m1/s1. The van der Waals surface area contributed by atoms with Crippen molar-refractivity contribution in [3.8, 4) is 22.6 Å². The predicted octanol–water partition coefficient (Wildman–Crippen LogP) is 5.54. The van der Waals surface area contributed by atoms with Gasteiger partial charge in [-0.1, -0.05) is 30.3 Å². The Bertz CT molecular complexity index is 1580. The minimum Gasteiger partial charge on any atom is -0.432 e. The smallest absolute Gasteiger partial charge is 0.317 e. The van der Waals surface area contributed by atoms with E-state index in [1.807, 2.05) is 46.6 Å². The molecule has 3 aromatic heterocycles. The number of carbonyl (C=O) groups is 1. The molecule has 0 bridgehead atoms. The van der Waals surface area contributed by atoms with E-state index in [4.69, 9.17) is 9.40 Å². The van der Waals surface area contributed by atoms with Gasteiger partial charge in [-0.15, -0.1) is 0 Å². The van der Waals surface area contributed by atoms with Gasteiger partial charge in [0.15, 0.2) is 0 Å². The number of nitrogens with one attached hydrogen (secondary N) is 2. The van der Waals surface area contributed by atoms with Gasteiger partial charge in [0.25, 0.3) is 0 Å². The molecule has 1 aliphatic heterocycles. The number of urea groups is 1. The third kappa shape index (κ3) is 5.18. The number of anilines is 1. The lowest BCUT2D eigenvalue weighted by molar-refractivity contribution is 0.179. The van der Waals surface area contributed by atoms with Gasteiger partial charge in [-0.05, 0) is 55.7 Å². The second-order valence-electron chi connectivity index (χ2n) is 9.65. The molecule has 0 radical (unpaired) electrons. The summed E-state index contributed by atoms with van der Waals surface area (Å²) < 4.78 is 20.9. The van der Waals surface area contributed by atoms with Gasteiger partial charge in [-0.3, -0.25) is 4.40 Å². The van der Waals surface area contributed by atoms with Gasteiger partial charge < -0.3 is 20.0 Å². The molecule has 1 fully saturated rings. The maximum Gasteiger partial charge on any atom is 0.317 e. The molecule has 1 saturated heterocycles. The number of rotatable bonds is 6. The van der Waals surface area contributed by atoms with Gasteiger partial charge in [0.05, 0.1) is 11.7 Å². The van der Waals surface area contributed by atoms with Crippen molar-refractivity contribution < 1.29 is 13.6 Å². The van der Waals surface area contributed by atoms with Crippen LogP contribution in [0.15, 0.2) is 83.7 Å². The Hall–Kier alpha value is -4.73. The summed E-state index contributed by atoms with van der Waals surface area (Å²) in [5, 5.41) is 6.52. The van der Waals surface area contributed by atoms with Crippen molar-refractivity contribution in [2.24, 2.45) is 0 Å². The van der Waals surface area contributed by atoms with Crippen molar-refractivity contribution in [1.82, 2.24) is 29.6 Å². The zero-order chi connectivity index (χ0) is 26.8. The number of oxazole rings is 1. The minimum absolute atomic E-state index is 0.00253. The fraction of sp³-hybridized carbons (Fsp3) is 0.241. The molecule has 2 amide bonds. The molecular formula is C29H28FN7O2. The average molecular weight is 526 g/mol. The Labute approximate surface area is 224 Å². The van der Waals surface area contributed by atoms with Crippen molar-refractivity contribution in [3.05, 3.63) is 90.7 Å². The number of carbonyl (C=O) groups excluding carboxylic acids is 1. The lowest BCUT2D eigenvalue weighted by atomic mass is 10.1. The fourth-order valence-electron chi connectivity index (χ4n) is 4.96. The summed E-state index contributed by atoms with van der Waals surface area (Å²) in [5.74, 6) is 0.554. The number of benzene rings is 2. The molecule has 2 aromatic carbocycles. The molecule has 0 saturated carbocycles. The molecule has 2 atom stereocenters. The van der Waals surface area contributed by atoms with E-state index in [2.05, 4.69) is 20.6 Å². The molecule has 6 rings (SSSR count). The van der Waals surface area contributed by atoms with Crippen LogP contribution in [0.1, 0.15) is 31.4 Å². The Kier molecular flexibility index (Phi) is 6.66. The van der Waals surface area contributed by atoms with Crippen molar-refractivity contribution >= 4 is 17.8 Å². The normalized spacial score (nSPS) is 16.3. The highest BCUT2D eigenvalue weighted by Crippen LogP contribution is 2.32. The number of halogens is 1. The van der Waals surface area contributed by atoms with Crippen LogP contribution in [-0.4, -0.2) is 49.4 Å². The van der Waals surface area contributed by atoms with E-state index in [0.29, 0.717) is 36.3 Å². The van der Waals surface area contributed by atoms with Crippen molar-refractivity contribution in [1.29, 1.82) is 0 Å². The molecule has 5 aromatic rings. The van der Waals surface area contributed by atoms with E-state index >= 15 is 0 Å². The number of amides is 2. The SMILES string of the molecule is C[C@@H](NC(=O)N1CCC[C@@H](Nc2nccc(-c3c(-c4ccc(F)cc4)nc4occn34)n2)C1)c1ccccc1. The summed E-state index contributed by atoms with van der Waals surface area (Å²) in [7, 11) is 0. The molecular weight excluding hydrogens is 497 g/mol. The number of hydrogen-bond donors (Lipinski definition) is 2. The molecule has 4 heterocycles. The molecule has 0 spiro atoms. The van der Waals surface area contributed by atoms with Gasteiger partial charge in [0.1, 0.15) is 23.5 Å². The molecule has 9 nitrogen and oxygen atoms in total. The Morgan fingerprint density at radius 3 is 2.74 bits per heavy atom. The third-order valence-corrected chi connectivity index (χ3v) is 6.96. The minimum atomic E-state index is -0.318. The highest BCUT2D eigenvalue weighted by atomic mass is 19.1. The van der Waals surface area contributed by atoms with Crippen LogP contribution in [0.3, 0.4) is 0 Å². The van der Waals surface area contributed by atoms with E-state index in [-0.39, 0.29) is 23.9 Å². The van der Waals surface area contributed by atoms with Crippen molar-refractivity contribution in [3.63, 3.8) is 0 Å². The summed E-state index contributed by atoms with van der Waals surface area (Å²) in [6, 6.07) is 17.7. The van der Waals surface area contributed by atoms with Gasteiger partial charge in [0.2, 0.25) is 5.95 Å². The quantitative estimate of drug-likeness (QED) is 0.302. The molecule has 1 aliphatic rings. The van der Waals surface area contributed by atoms with Crippen LogP contribution in [-0.2, 0) is 0 Å². The number of hydrogen-bond acceptors (Lipinski definition) is 6. The number of aromatic nitrogens is 4. The monoisotopic (exact) mass is 525 g/mol. The molecule has 10 heteroatoms. The highest BCUT2D eigenvalue weighted by Gasteiger charge is 2.26. The summed E-state index contributed by atoms with van der Waals surface area (Å²) in [4.78, 5) is 28.7. The summed E-state index contributed by atoms with van der Waals surface area (Å²) in [6.45, 7) is 3.22. The number of fused-ring (bicyclic) bond motifs is 1. The first kappa shape index (κ1) is 24.6. The highest BCUT2D eigenvalue weighted by molar-refractivity contribution is 5.79. The average Bonchev–Trinajstić information content (AvgIpc) is 3.56. The van der Waals surface area contributed by atoms with Gasteiger partial charge in [0, 0.05) is 37.1 Å². The topological polar surface area (TPSA) is 101 Å². The van der Waals surface area contributed by atoms with Crippen LogP contribution in [0, 0.1) is 5.82 Å². The van der Waals surface area contributed by atoms with E-state index in [9.17, 15) is 9.18 Å². The summed E-state index contributed by atoms with van der Waals surface area (Å²) >= 11 is 0. The lowest BCUT2D eigenvalue weighted by Gasteiger charge is -2.34. The first-order chi connectivity index (χ1) is 19.0. The summed E-state index contributed by atoms with van der Waals surface area (Å²) in [6.07, 6.45) is 6.78. The van der Waals surface area contributed by atoms with Gasteiger partial charge >= 0.3 is 11.9 Å². The fourth-order valence-corrected chi connectivity index (χ4v) is 4.96. The zero-order valence-electron chi connectivity index (χ0n) is 21.4. The van der Waals surface area contributed by atoms with Crippen LogP contribution in [0.25, 0.3) is 28.5 Å². The third-order valence-electron chi connectivity index (χ3n) is 6.96. The first-order valence-electron chi connectivity index (χ1n) is 13.0. The Morgan fingerprint density at radius 1 is 1.10 bits per heavy atom. The Balaban J connectivity index is 1.19. The lowest BCUT2D eigenvalue weighted by Crippen LogP contribution is -2.49. The van der Waals surface area contributed by atoms with E-state index in [1.165, 1.54) is 12.1 Å².